The molecule has 0 saturated carbocycles. The number of carbonyl (C=O) groups is 2. The molecule has 0 bridgehead atoms. The van der Waals surface area contributed by atoms with Crippen molar-refractivity contribution in [2.75, 3.05) is 31.8 Å². The first-order valence-electron chi connectivity index (χ1n) is 10.0. The summed E-state index contributed by atoms with van der Waals surface area (Å²) in [5.41, 5.74) is 0.130. The molecular weight excluding hydrogens is 438 g/mol. The summed E-state index contributed by atoms with van der Waals surface area (Å²) < 4.78 is 15.5. The van der Waals surface area contributed by atoms with Crippen molar-refractivity contribution in [3.8, 4) is 11.5 Å². The van der Waals surface area contributed by atoms with Gasteiger partial charge >= 0.3 is 5.97 Å². The van der Waals surface area contributed by atoms with Crippen LogP contribution >= 0.6 is 0 Å². The highest BCUT2D eigenvalue weighted by Gasteiger charge is 2.29. The highest BCUT2D eigenvalue weighted by atomic mass is 16.6. The fourth-order valence-corrected chi connectivity index (χ4v) is 3.53. The van der Waals surface area contributed by atoms with Crippen molar-refractivity contribution in [3.63, 3.8) is 0 Å². The molecule has 0 atom stereocenters. The van der Waals surface area contributed by atoms with Gasteiger partial charge in [0.1, 0.15) is 5.56 Å². The lowest BCUT2D eigenvalue weighted by molar-refractivity contribution is -0.385. The first-order chi connectivity index (χ1) is 15.8. The molecule has 3 rings (SSSR count). The zero-order chi connectivity index (χ0) is 24.1. The van der Waals surface area contributed by atoms with E-state index in [2.05, 4.69) is 0 Å². The van der Waals surface area contributed by atoms with Gasteiger partial charge < -0.3 is 19.1 Å². The number of amides is 1. The van der Waals surface area contributed by atoms with Crippen molar-refractivity contribution in [2.24, 2.45) is 0 Å². The zero-order valence-electron chi connectivity index (χ0n) is 17.9. The molecular formula is C21H21N3O9. The van der Waals surface area contributed by atoms with Crippen LogP contribution < -0.4 is 14.4 Å². The standard InChI is InChI=1S/C21H21N3O9/c1-3-32-19-10-15(17(24(29)30)11-18(19)31-2)21(26)33-12-20(25)22-8-4-5-13-9-14(23(27)28)6-7-16(13)22/h6-7,9-11H,3-5,8,12H2,1-2H3. The van der Waals surface area contributed by atoms with Crippen LogP contribution in [-0.4, -0.2) is 48.6 Å². The summed E-state index contributed by atoms with van der Waals surface area (Å²) in [4.78, 5) is 47.9. The average Bonchev–Trinajstić information content (AvgIpc) is 2.81. The average molecular weight is 459 g/mol. The number of methoxy groups -OCH3 is 1. The van der Waals surface area contributed by atoms with Gasteiger partial charge in [0.25, 0.3) is 17.3 Å². The second-order valence-corrected chi connectivity index (χ2v) is 7.01. The Bertz CT molecular complexity index is 1120. The van der Waals surface area contributed by atoms with E-state index in [1.807, 2.05) is 0 Å². The number of esters is 1. The van der Waals surface area contributed by atoms with Crippen molar-refractivity contribution in [1.29, 1.82) is 0 Å². The maximum atomic E-state index is 12.7. The Kier molecular flexibility index (Phi) is 7.06. The SMILES string of the molecule is CCOc1cc(C(=O)OCC(=O)N2CCCc3cc([N+](=O)[O-])ccc32)c([N+](=O)[O-])cc1OC. The number of anilines is 1. The highest BCUT2D eigenvalue weighted by Crippen LogP contribution is 2.35. The van der Waals surface area contributed by atoms with Gasteiger partial charge in [-0.25, -0.2) is 4.79 Å². The van der Waals surface area contributed by atoms with Crippen LogP contribution in [0, 0.1) is 20.2 Å². The van der Waals surface area contributed by atoms with E-state index in [-0.39, 0.29) is 29.4 Å². The second-order valence-electron chi connectivity index (χ2n) is 7.01. The lowest BCUT2D eigenvalue weighted by atomic mass is 10.0. The monoisotopic (exact) mass is 459 g/mol. The van der Waals surface area contributed by atoms with Gasteiger partial charge in [0.15, 0.2) is 18.1 Å². The smallest absolute Gasteiger partial charge is 0.345 e. The molecule has 1 aliphatic rings. The Morgan fingerprint density at radius 1 is 1.09 bits per heavy atom. The maximum absolute atomic E-state index is 12.7. The Morgan fingerprint density at radius 3 is 2.48 bits per heavy atom. The van der Waals surface area contributed by atoms with Crippen molar-refractivity contribution in [1.82, 2.24) is 0 Å². The van der Waals surface area contributed by atoms with Crippen LogP contribution in [0.3, 0.4) is 0 Å². The number of hydrogen-bond donors (Lipinski definition) is 0. The van der Waals surface area contributed by atoms with Gasteiger partial charge in [-0.15, -0.1) is 0 Å². The summed E-state index contributed by atoms with van der Waals surface area (Å²) in [5.74, 6) is -1.43. The molecule has 0 spiro atoms. The van der Waals surface area contributed by atoms with Crippen LogP contribution in [0.4, 0.5) is 17.1 Å². The quantitative estimate of drug-likeness (QED) is 0.329. The van der Waals surface area contributed by atoms with E-state index in [0.29, 0.717) is 30.6 Å². The highest BCUT2D eigenvalue weighted by molar-refractivity contribution is 5.99. The van der Waals surface area contributed by atoms with Crippen LogP contribution in [0.15, 0.2) is 30.3 Å². The topological polar surface area (TPSA) is 151 Å². The molecule has 0 aliphatic carbocycles. The van der Waals surface area contributed by atoms with Crippen molar-refractivity contribution in [3.05, 3.63) is 61.7 Å². The molecule has 2 aromatic carbocycles. The molecule has 0 saturated heterocycles. The number of non-ortho nitro benzene ring substituents is 1. The number of carbonyl (C=O) groups excluding carboxylic acids is 2. The normalized spacial score (nSPS) is 12.5. The third-order valence-electron chi connectivity index (χ3n) is 5.02. The summed E-state index contributed by atoms with van der Waals surface area (Å²) >= 11 is 0. The fourth-order valence-electron chi connectivity index (χ4n) is 3.53. The van der Waals surface area contributed by atoms with Crippen molar-refractivity contribution in [2.45, 2.75) is 19.8 Å². The van der Waals surface area contributed by atoms with E-state index in [4.69, 9.17) is 14.2 Å². The molecule has 2 aromatic rings. The van der Waals surface area contributed by atoms with Gasteiger partial charge in [-0.2, -0.15) is 0 Å². The largest absolute Gasteiger partial charge is 0.493 e. The first kappa shape index (κ1) is 23.4. The van der Waals surface area contributed by atoms with Gasteiger partial charge in [-0.1, -0.05) is 0 Å². The molecule has 1 amide bonds. The van der Waals surface area contributed by atoms with Crippen LogP contribution in [0.25, 0.3) is 0 Å². The molecule has 33 heavy (non-hydrogen) atoms. The molecule has 0 fully saturated rings. The fraction of sp³-hybridized carbons (Fsp3) is 0.333. The maximum Gasteiger partial charge on any atom is 0.345 e. The van der Waals surface area contributed by atoms with E-state index in [0.717, 1.165) is 12.1 Å². The number of nitro benzene ring substituents is 2. The molecule has 0 unspecified atom stereocenters. The van der Waals surface area contributed by atoms with Crippen molar-refractivity contribution >= 4 is 28.9 Å². The summed E-state index contributed by atoms with van der Waals surface area (Å²) in [6.07, 6.45) is 1.15. The predicted molar refractivity (Wildman–Crippen MR) is 115 cm³/mol. The van der Waals surface area contributed by atoms with Gasteiger partial charge in [-0.3, -0.25) is 25.0 Å². The van der Waals surface area contributed by atoms with E-state index < -0.39 is 34.0 Å². The molecule has 1 aliphatic heterocycles. The predicted octanol–water partition coefficient (Wildman–Crippen LogP) is 3.05. The molecule has 1 heterocycles. The molecule has 0 radical (unpaired) electrons. The van der Waals surface area contributed by atoms with Crippen molar-refractivity contribution < 1.29 is 33.6 Å². The van der Waals surface area contributed by atoms with E-state index >= 15 is 0 Å². The zero-order valence-corrected chi connectivity index (χ0v) is 17.9. The minimum Gasteiger partial charge on any atom is -0.493 e. The molecule has 0 N–H and O–H groups in total. The number of aryl methyl sites for hydroxylation is 1. The van der Waals surface area contributed by atoms with Gasteiger partial charge in [-0.05, 0) is 31.4 Å². The lowest BCUT2D eigenvalue weighted by Crippen LogP contribution is -2.38. The van der Waals surface area contributed by atoms with Gasteiger partial charge in [0.05, 0.1) is 29.6 Å². The minimum absolute atomic E-state index is 0.0774. The number of fused-ring (bicyclic) bond motifs is 1. The number of rotatable bonds is 8. The summed E-state index contributed by atoms with van der Waals surface area (Å²) in [5, 5.41) is 22.4. The Hall–Kier alpha value is -4.22. The van der Waals surface area contributed by atoms with E-state index in [9.17, 15) is 29.8 Å². The number of benzene rings is 2. The Balaban J connectivity index is 1.79. The minimum atomic E-state index is -1.07. The molecule has 12 nitrogen and oxygen atoms in total. The van der Waals surface area contributed by atoms with E-state index in [1.54, 1.807) is 6.92 Å². The Morgan fingerprint density at radius 2 is 1.85 bits per heavy atom. The van der Waals surface area contributed by atoms with Gasteiger partial charge in [0, 0.05) is 30.4 Å². The third kappa shape index (κ3) is 5.00. The first-order valence-corrected chi connectivity index (χ1v) is 10.0. The van der Waals surface area contributed by atoms with Gasteiger partial charge in [0.2, 0.25) is 0 Å². The van der Waals surface area contributed by atoms with Crippen LogP contribution in [0.5, 0.6) is 11.5 Å². The Labute approximate surface area is 187 Å². The number of nitrogens with zero attached hydrogens (tertiary/aromatic N) is 3. The summed E-state index contributed by atoms with van der Waals surface area (Å²) in [7, 11) is 1.31. The molecule has 174 valence electrons. The summed E-state index contributed by atoms with van der Waals surface area (Å²) in [6, 6.07) is 6.39. The lowest BCUT2D eigenvalue weighted by Gasteiger charge is -2.29. The summed E-state index contributed by atoms with van der Waals surface area (Å²) in [6.45, 7) is 1.61. The van der Waals surface area contributed by atoms with Crippen LogP contribution in [-0.2, 0) is 16.0 Å². The molecule has 0 aromatic heterocycles. The molecule has 12 heteroatoms. The number of nitro groups is 2. The number of hydrogen-bond acceptors (Lipinski definition) is 9. The van der Waals surface area contributed by atoms with Crippen LogP contribution in [0.2, 0.25) is 0 Å². The second kappa shape index (κ2) is 9.94. The number of ether oxygens (including phenoxy) is 3. The van der Waals surface area contributed by atoms with E-state index in [1.165, 1.54) is 30.2 Å². The third-order valence-corrected chi connectivity index (χ3v) is 5.02. The van der Waals surface area contributed by atoms with Crippen LogP contribution in [0.1, 0.15) is 29.3 Å².